The van der Waals surface area contributed by atoms with Crippen molar-refractivity contribution in [1.29, 1.82) is 0 Å². The molecule has 1 aromatic heterocycles. The highest BCUT2D eigenvalue weighted by molar-refractivity contribution is 7.71. The van der Waals surface area contributed by atoms with E-state index in [-0.39, 0.29) is 0 Å². The number of hydrogen-bond acceptors (Lipinski definition) is 2. The van der Waals surface area contributed by atoms with Crippen LogP contribution in [-0.4, -0.2) is 34.1 Å². The smallest absolute Gasteiger partial charge is 0.178 e. The third-order valence-corrected chi connectivity index (χ3v) is 4.52. The van der Waals surface area contributed by atoms with Crippen LogP contribution in [0.5, 0.6) is 0 Å². The van der Waals surface area contributed by atoms with Gasteiger partial charge in [-0.1, -0.05) is 13.0 Å². The fourth-order valence-electron chi connectivity index (χ4n) is 3.22. The summed E-state index contributed by atoms with van der Waals surface area (Å²) in [5.41, 5.74) is 3.67. The molecule has 1 aliphatic rings. The number of aryl methyl sites for hydroxylation is 1. The number of fused-ring (bicyclic) bond motifs is 1. The SMILES string of the molecule is Cc1ccc2[nH]c(=S)n(CC(C)CN3CCCC3)c2c1. The highest BCUT2D eigenvalue weighted by Gasteiger charge is 2.16. The van der Waals surface area contributed by atoms with E-state index in [4.69, 9.17) is 12.2 Å². The Morgan fingerprint density at radius 2 is 2.00 bits per heavy atom. The van der Waals surface area contributed by atoms with Gasteiger partial charge in [0.1, 0.15) is 0 Å². The molecule has 3 nitrogen and oxygen atoms in total. The fraction of sp³-hybridized carbons (Fsp3) is 0.562. The second-order valence-corrected chi connectivity index (χ2v) is 6.56. The van der Waals surface area contributed by atoms with E-state index in [0.717, 1.165) is 16.8 Å². The van der Waals surface area contributed by atoms with Gasteiger partial charge in [-0.3, -0.25) is 0 Å². The summed E-state index contributed by atoms with van der Waals surface area (Å²) in [4.78, 5) is 5.90. The predicted octanol–water partition coefficient (Wildman–Crippen LogP) is 3.74. The summed E-state index contributed by atoms with van der Waals surface area (Å²) in [6.45, 7) is 9.17. The van der Waals surface area contributed by atoms with Gasteiger partial charge in [0.15, 0.2) is 4.77 Å². The molecule has 3 rings (SSSR count). The Bertz CT molecular complexity index is 649. The molecular formula is C16H23N3S. The highest BCUT2D eigenvalue weighted by atomic mass is 32.1. The minimum absolute atomic E-state index is 0.624. The first-order valence-corrected chi connectivity index (χ1v) is 7.96. The number of nitrogens with zero attached hydrogens (tertiary/aromatic N) is 2. The van der Waals surface area contributed by atoms with Crippen molar-refractivity contribution < 1.29 is 0 Å². The number of aromatic nitrogens is 2. The van der Waals surface area contributed by atoms with Crippen LogP contribution in [0.2, 0.25) is 0 Å². The van der Waals surface area contributed by atoms with Crippen LogP contribution in [-0.2, 0) is 6.54 Å². The van der Waals surface area contributed by atoms with Crippen molar-refractivity contribution in [3.8, 4) is 0 Å². The fourth-order valence-corrected chi connectivity index (χ4v) is 3.50. The molecule has 0 saturated carbocycles. The average molecular weight is 289 g/mol. The molecule has 1 fully saturated rings. The van der Waals surface area contributed by atoms with Gasteiger partial charge in [-0.05, 0) is 68.7 Å². The summed E-state index contributed by atoms with van der Waals surface area (Å²) in [7, 11) is 0. The zero-order valence-corrected chi connectivity index (χ0v) is 13.2. The lowest BCUT2D eigenvalue weighted by molar-refractivity contribution is 0.272. The summed E-state index contributed by atoms with van der Waals surface area (Å²) in [5.74, 6) is 0.624. The minimum Gasteiger partial charge on any atom is -0.331 e. The normalized spacial score (nSPS) is 17.9. The van der Waals surface area contributed by atoms with Gasteiger partial charge in [0.25, 0.3) is 0 Å². The first-order valence-electron chi connectivity index (χ1n) is 7.55. The van der Waals surface area contributed by atoms with Crippen molar-refractivity contribution in [3.63, 3.8) is 0 Å². The van der Waals surface area contributed by atoms with Crippen molar-refractivity contribution in [2.45, 2.75) is 33.2 Å². The van der Waals surface area contributed by atoms with Gasteiger partial charge in [0.2, 0.25) is 0 Å². The van der Waals surface area contributed by atoms with E-state index in [1.165, 1.54) is 43.6 Å². The number of aromatic amines is 1. The van der Waals surface area contributed by atoms with E-state index in [2.05, 4.69) is 46.5 Å². The van der Waals surface area contributed by atoms with Crippen molar-refractivity contribution in [2.75, 3.05) is 19.6 Å². The van der Waals surface area contributed by atoms with E-state index >= 15 is 0 Å². The second kappa shape index (κ2) is 5.70. The molecule has 2 heterocycles. The zero-order valence-electron chi connectivity index (χ0n) is 12.4. The van der Waals surface area contributed by atoms with Crippen LogP contribution in [0.15, 0.2) is 18.2 Å². The van der Waals surface area contributed by atoms with E-state index in [1.807, 2.05) is 0 Å². The van der Waals surface area contributed by atoms with Crippen LogP contribution in [0.1, 0.15) is 25.3 Å². The lowest BCUT2D eigenvalue weighted by atomic mass is 10.1. The molecule has 0 spiro atoms. The number of likely N-dealkylation sites (tertiary alicyclic amines) is 1. The molecule has 0 radical (unpaired) electrons. The van der Waals surface area contributed by atoms with Crippen LogP contribution < -0.4 is 0 Å². The Balaban J connectivity index is 1.80. The molecule has 108 valence electrons. The quantitative estimate of drug-likeness (QED) is 0.867. The number of nitrogens with one attached hydrogen (secondary N) is 1. The average Bonchev–Trinajstić information content (AvgIpc) is 3.00. The summed E-state index contributed by atoms with van der Waals surface area (Å²) < 4.78 is 3.11. The van der Waals surface area contributed by atoms with Gasteiger partial charge in [0.05, 0.1) is 11.0 Å². The topological polar surface area (TPSA) is 24.0 Å². The number of rotatable bonds is 4. The maximum Gasteiger partial charge on any atom is 0.178 e. The van der Waals surface area contributed by atoms with Crippen LogP contribution in [0, 0.1) is 17.6 Å². The minimum atomic E-state index is 0.624. The van der Waals surface area contributed by atoms with Gasteiger partial charge in [-0.25, -0.2) is 0 Å². The van der Waals surface area contributed by atoms with Gasteiger partial charge in [0, 0.05) is 13.1 Å². The Morgan fingerprint density at radius 1 is 1.25 bits per heavy atom. The molecule has 4 heteroatoms. The summed E-state index contributed by atoms with van der Waals surface area (Å²) >= 11 is 5.49. The van der Waals surface area contributed by atoms with Crippen LogP contribution in [0.4, 0.5) is 0 Å². The molecule has 20 heavy (non-hydrogen) atoms. The van der Waals surface area contributed by atoms with Crippen molar-refractivity contribution in [3.05, 3.63) is 28.5 Å². The molecule has 1 N–H and O–H groups in total. The van der Waals surface area contributed by atoms with Crippen LogP contribution >= 0.6 is 12.2 Å². The zero-order chi connectivity index (χ0) is 14.1. The lowest BCUT2D eigenvalue weighted by Gasteiger charge is -2.20. The van der Waals surface area contributed by atoms with Gasteiger partial charge < -0.3 is 14.5 Å². The number of imidazole rings is 1. The molecule has 0 amide bonds. The van der Waals surface area contributed by atoms with Gasteiger partial charge in [-0.2, -0.15) is 0 Å². The first kappa shape index (κ1) is 13.8. The molecule has 0 bridgehead atoms. The Kier molecular flexibility index (Phi) is 3.94. The van der Waals surface area contributed by atoms with Crippen molar-refractivity contribution in [2.24, 2.45) is 5.92 Å². The third kappa shape index (κ3) is 2.81. The molecule has 1 aliphatic heterocycles. The van der Waals surface area contributed by atoms with Crippen LogP contribution in [0.25, 0.3) is 11.0 Å². The van der Waals surface area contributed by atoms with E-state index in [1.54, 1.807) is 0 Å². The Hall–Kier alpha value is -1.13. The first-order chi connectivity index (χ1) is 9.63. The van der Waals surface area contributed by atoms with Gasteiger partial charge >= 0.3 is 0 Å². The predicted molar refractivity (Wildman–Crippen MR) is 86.7 cm³/mol. The number of hydrogen-bond donors (Lipinski definition) is 1. The van der Waals surface area contributed by atoms with E-state index < -0.39 is 0 Å². The lowest BCUT2D eigenvalue weighted by Crippen LogP contribution is -2.27. The standard InChI is InChI=1S/C16H23N3S/c1-12-5-6-14-15(9-12)19(16(20)17-14)11-13(2)10-18-7-3-4-8-18/h5-6,9,13H,3-4,7-8,10-11H2,1-2H3,(H,17,20). The third-order valence-electron chi connectivity index (χ3n) is 4.19. The van der Waals surface area contributed by atoms with Crippen molar-refractivity contribution in [1.82, 2.24) is 14.5 Å². The summed E-state index contributed by atoms with van der Waals surface area (Å²) in [5, 5.41) is 0. The van der Waals surface area contributed by atoms with Crippen molar-refractivity contribution >= 4 is 23.3 Å². The summed E-state index contributed by atoms with van der Waals surface area (Å²) in [6, 6.07) is 6.48. The Morgan fingerprint density at radius 3 is 2.75 bits per heavy atom. The highest BCUT2D eigenvalue weighted by Crippen LogP contribution is 2.18. The maximum atomic E-state index is 5.49. The molecule has 1 saturated heterocycles. The maximum absolute atomic E-state index is 5.49. The molecule has 1 aromatic carbocycles. The number of benzene rings is 1. The Labute approximate surface area is 125 Å². The molecule has 1 unspecified atom stereocenters. The van der Waals surface area contributed by atoms with E-state index in [9.17, 15) is 0 Å². The van der Waals surface area contributed by atoms with Crippen LogP contribution in [0.3, 0.4) is 0 Å². The van der Waals surface area contributed by atoms with E-state index in [0.29, 0.717) is 5.92 Å². The molecule has 1 atom stereocenters. The largest absolute Gasteiger partial charge is 0.331 e. The molecule has 0 aliphatic carbocycles. The van der Waals surface area contributed by atoms with Gasteiger partial charge in [-0.15, -0.1) is 0 Å². The molecular weight excluding hydrogens is 266 g/mol. The number of H-pyrrole nitrogens is 1. The summed E-state index contributed by atoms with van der Waals surface area (Å²) in [6.07, 6.45) is 2.72. The second-order valence-electron chi connectivity index (χ2n) is 6.17. The molecule has 2 aromatic rings. The monoisotopic (exact) mass is 289 g/mol.